The number of anilines is 1. The van der Waals surface area contributed by atoms with Crippen molar-refractivity contribution in [1.82, 2.24) is 4.31 Å². The molecule has 1 saturated heterocycles. The summed E-state index contributed by atoms with van der Waals surface area (Å²) in [6.45, 7) is 4.93. The Morgan fingerprint density at radius 2 is 1.86 bits per heavy atom. The Labute approximate surface area is 170 Å². The Bertz CT molecular complexity index is 1030. The zero-order chi connectivity index (χ0) is 20.6. The van der Waals surface area contributed by atoms with E-state index in [1.807, 2.05) is 26.0 Å². The summed E-state index contributed by atoms with van der Waals surface area (Å²) >= 11 is 0. The number of nitrogens with one attached hydrogen (secondary N) is 1. The van der Waals surface area contributed by atoms with Crippen LogP contribution in [0.2, 0.25) is 0 Å². The minimum Gasteiger partial charge on any atom is -0.493 e. The van der Waals surface area contributed by atoms with E-state index in [0.717, 1.165) is 17.7 Å². The third-order valence-electron chi connectivity index (χ3n) is 5.07. The van der Waals surface area contributed by atoms with Crippen LogP contribution in [0.5, 0.6) is 5.75 Å². The van der Waals surface area contributed by atoms with Crippen molar-refractivity contribution in [3.8, 4) is 5.75 Å². The Balaban J connectivity index is 1.54. The molecule has 0 unspecified atom stereocenters. The van der Waals surface area contributed by atoms with Crippen molar-refractivity contribution in [2.45, 2.75) is 37.4 Å². The molecule has 0 spiro atoms. The highest BCUT2D eigenvalue weighted by Gasteiger charge is 2.32. The standard InChI is InChI=1S/C21H24N2O5S/c1-14-12-23(13-15(2)28-14)29(25,26)19-5-3-4-17(11-19)21(24)22-18-6-7-20-16(10-18)8-9-27-20/h3-7,10-11,14-15H,8-9,12-13H2,1-2H3,(H,22,24)/t14-,15-/m1/s1. The first-order valence-corrected chi connectivity index (χ1v) is 11.1. The molecule has 0 saturated carbocycles. The lowest BCUT2D eigenvalue weighted by Crippen LogP contribution is -2.48. The average molecular weight is 416 g/mol. The molecule has 2 aromatic rings. The molecule has 8 heteroatoms. The summed E-state index contributed by atoms with van der Waals surface area (Å²) in [5, 5.41) is 2.84. The van der Waals surface area contributed by atoms with Gasteiger partial charge in [0.15, 0.2) is 0 Å². The number of nitrogens with zero attached hydrogens (tertiary/aromatic N) is 1. The SMILES string of the molecule is C[C@@H]1CN(S(=O)(=O)c2cccc(C(=O)Nc3ccc4c(c3)CCO4)c2)C[C@@H](C)O1. The molecule has 1 amide bonds. The van der Waals surface area contributed by atoms with Crippen molar-refractivity contribution < 1.29 is 22.7 Å². The highest BCUT2D eigenvalue weighted by atomic mass is 32.2. The topological polar surface area (TPSA) is 84.9 Å². The third-order valence-corrected chi connectivity index (χ3v) is 6.90. The van der Waals surface area contributed by atoms with Gasteiger partial charge in [-0.3, -0.25) is 4.79 Å². The molecule has 1 N–H and O–H groups in total. The summed E-state index contributed by atoms with van der Waals surface area (Å²) in [4.78, 5) is 12.8. The lowest BCUT2D eigenvalue weighted by molar-refractivity contribution is -0.0440. The number of amides is 1. The number of benzene rings is 2. The van der Waals surface area contributed by atoms with E-state index in [2.05, 4.69) is 5.32 Å². The van der Waals surface area contributed by atoms with Gasteiger partial charge in [0.2, 0.25) is 10.0 Å². The Kier molecular flexibility index (Phi) is 5.33. The summed E-state index contributed by atoms with van der Waals surface area (Å²) < 4.78 is 38.7. The first kappa shape index (κ1) is 19.9. The van der Waals surface area contributed by atoms with E-state index < -0.39 is 10.0 Å². The van der Waals surface area contributed by atoms with Crippen LogP contribution < -0.4 is 10.1 Å². The molecular weight excluding hydrogens is 392 g/mol. The maximum atomic E-state index is 13.1. The molecule has 154 valence electrons. The highest BCUT2D eigenvalue weighted by Crippen LogP contribution is 2.28. The zero-order valence-electron chi connectivity index (χ0n) is 16.4. The van der Waals surface area contributed by atoms with Crippen LogP contribution in [0.3, 0.4) is 0 Å². The van der Waals surface area contributed by atoms with Crippen LogP contribution in [-0.4, -0.2) is 50.5 Å². The minimum atomic E-state index is -3.71. The lowest BCUT2D eigenvalue weighted by atomic mass is 10.1. The van der Waals surface area contributed by atoms with Gasteiger partial charge in [-0.25, -0.2) is 8.42 Å². The Morgan fingerprint density at radius 3 is 2.62 bits per heavy atom. The molecule has 4 rings (SSSR count). The zero-order valence-corrected chi connectivity index (χ0v) is 17.2. The van der Waals surface area contributed by atoms with Gasteiger partial charge in [0.05, 0.1) is 23.7 Å². The lowest BCUT2D eigenvalue weighted by Gasteiger charge is -2.34. The number of hydrogen-bond acceptors (Lipinski definition) is 5. The molecule has 29 heavy (non-hydrogen) atoms. The molecule has 0 bridgehead atoms. The minimum absolute atomic E-state index is 0.105. The van der Waals surface area contributed by atoms with Crippen LogP contribution in [0, 0.1) is 0 Å². The predicted molar refractivity (Wildman–Crippen MR) is 109 cm³/mol. The number of morpholine rings is 1. The van der Waals surface area contributed by atoms with Gasteiger partial charge in [0.25, 0.3) is 5.91 Å². The first-order valence-electron chi connectivity index (χ1n) is 9.65. The van der Waals surface area contributed by atoms with Crippen LogP contribution in [-0.2, 0) is 21.2 Å². The van der Waals surface area contributed by atoms with Crippen molar-refractivity contribution >= 4 is 21.6 Å². The molecule has 2 aliphatic heterocycles. The molecule has 0 aromatic heterocycles. The first-order chi connectivity index (χ1) is 13.8. The van der Waals surface area contributed by atoms with Gasteiger partial charge in [-0.2, -0.15) is 4.31 Å². The Hall–Kier alpha value is -2.42. The second-order valence-electron chi connectivity index (χ2n) is 7.48. The second kappa shape index (κ2) is 7.78. The van der Waals surface area contributed by atoms with E-state index in [4.69, 9.17) is 9.47 Å². The number of hydrogen-bond donors (Lipinski definition) is 1. The van der Waals surface area contributed by atoms with E-state index >= 15 is 0 Å². The van der Waals surface area contributed by atoms with Crippen LogP contribution in [0.4, 0.5) is 5.69 Å². The quantitative estimate of drug-likeness (QED) is 0.828. The monoisotopic (exact) mass is 416 g/mol. The summed E-state index contributed by atoms with van der Waals surface area (Å²) in [7, 11) is -3.71. The number of ether oxygens (including phenoxy) is 2. The predicted octanol–water partition coefficient (Wildman–Crippen LogP) is 2.67. The number of sulfonamides is 1. The summed E-state index contributed by atoms with van der Waals surface area (Å²) in [5.74, 6) is 0.481. The molecule has 2 atom stereocenters. The highest BCUT2D eigenvalue weighted by molar-refractivity contribution is 7.89. The van der Waals surface area contributed by atoms with E-state index in [1.165, 1.54) is 16.4 Å². The van der Waals surface area contributed by atoms with Crippen LogP contribution in [0.25, 0.3) is 0 Å². The van der Waals surface area contributed by atoms with E-state index in [9.17, 15) is 13.2 Å². The van der Waals surface area contributed by atoms with Gasteiger partial charge >= 0.3 is 0 Å². The van der Waals surface area contributed by atoms with Gasteiger partial charge in [-0.15, -0.1) is 0 Å². The molecule has 0 aliphatic carbocycles. The number of fused-ring (bicyclic) bond motifs is 1. The second-order valence-corrected chi connectivity index (χ2v) is 9.42. The normalized spacial score (nSPS) is 22.0. The average Bonchev–Trinajstić information content (AvgIpc) is 3.15. The van der Waals surface area contributed by atoms with Gasteiger partial charge in [-0.1, -0.05) is 6.07 Å². The number of carbonyl (C=O) groups is 1. The number of carbonyl (C=O) groups excluding carboxylic acids is 1. The fourth-order valence-electron chi connectivity index (χ4n) is 3.74. The van der Waals surface area contributed by atoms with Crippen molar-refractivity contribution in [3.05, 3.63) is 53.6 Å². The summed E-state index contributed by atoms with van der Waals surface area (Å²) in [6.07, 6.45) is 0.455. The largest absolute Gasteiger partial charge is 0.493 e. The maximum absolute atomic E-state index is 13.1. The van der Waals surface area contributed by atoms with Gasteiger partial charge in [0.1, 0.15) is 5.75 Å². The molecule has 1 fully saturated rings. The van der Waals surface area contributed by atoms with Crippen molar-refractivity contribution in [1.29, 1.82) is 0 Å². The van der Waals surface area contributed by atoms with E-state index in [-0.39, 0.29) is 28.6 Å². The molecule has 2 heterocycles. The molecular formula is C21H24N2O5S. The van der Waals surface area contributed by atoms with Crippen molar-refractivity contribution in [2.75, 3.05) is 25.0 Å². The Morgan fingerprint density at radius 1 is 1.10 bits per heavy atom. The van der Waals surface area contributed by atoms with Gasteiger partial charge in [0, 0.05) is 30.8 Å². The van der Waals surface area contributed by atoms with E-state index in [1.54, 1.807) is 18.2 Å². The maximum Gasteiger partial charge on any atom is 0.255 e. The van der Waals surface area contributed by atoms with Crippen LogP contribution in [0.1, 0.15) is 29.8 Å². The molecule has 2 aliphatic rings. The number of rotatable bonds is 4. The van der Waals surface area contributed by atoms with Crippen molar-refractivity contribution in [3.63, 3.8) is 0 Å². The third kappa shape index (κ3) is 4.14. The van der Waals surface area contributed by atoms with E-state index in [0.29, 0.717) is 25.4 Å². The van der Waals surface area contributed by atoms with Crippen molar-refractivity contribution in [2.24, 2.45) is 0 Å². The molecule has 0 radical (unpaired) electrons. The van der Waals surface area contributed by atoms with Gasteiger partial charge in [-0.05, 0) is 55.8 Å². The fraction of sp³-hybridized carbons (Fsp3) is 0.381. The smallest absolute Gasteiger partial charge is 0.255 e. The van der Waals surface area contributed by atoms with Crippen LogP contribution >= 0.6 is 0 Å². The molecule has 7 nitrogen and oxygen atoms in total. The molecule has 2 aromatic carbocycles. The van der Waals surface area contributed by atoms with Gasteiger partial charge < -0.3 is 14.8 Å². The summed E-state index contributed by atoms with van der Waals surface area (Å²) in [5.41, 5.74) is 2.00. The van der Waals surface area contributed by atoms with Crippen LogP contribution in [0.15, 0.2) is 47.4 Å². The summed E-state index contributed by atoms with van der Waals surface area (Å²) in [6, 6.07) is 11.6. The fourth-order valence-corrected chi connectivity index (χ4v) is 5.38.